The van der Waals surface area contributed by atoms with Crippen molar-refractivity contribution in [2.24, 2.45) is 0 Å². The second-order valence-electron chi connectivity index (χ2n) is 4.68. The topological polar surface area (TPSA) is 55.8 Å². The molecule has 0 radical (unpaired) electrons. The number of aliphatic hydroxyl groups excluding tert-OH is 1. The largest absolute Gasteiger partial charge is 0.464 e. The van der Waals surface area contributed by atoms with Gasteiger partial charge in [-0.05, 0) is 37.3 Å². The maximum absolute atomic E-state index is 11.6. The van der Waals surface area contributed by atoms with Crippen molar-refractivity contribution >= 4 is 5.97 Å². The van der Waals surface area contributed by atoms with Gasteiger partial charge in [0.05, 0.1) is 6.61 Å². The van der Waals surface area contributed by atoms with Crippen LogP contribution in [0.4, 0.5) is 0 Å². The molecule has 112 valence electrons. The van der Waals surface area contributed by atoms with Crippen molar-refractivity contribution < 1.29 is 19.4 Å². The lowest BCUT2D eigenvalue weighted by Crippen LogP contribution is -2.27. The zero-order valence-corrected chi connectivity index (χ0v) is 12.3. The molecule has 1 aromatic rings. The lowest BCUT2D eigenvalue weighted by Gasteiger charge is -2.14. The van der Waals surface area contributed by atoms with E-state index in [1.165, 1.54) is 12.7 Å². The van der Waals surface area contributed by atoms with Crippen LogP contribution in [0.1, 0.15) is 30.9 Å². The van der Waals surface area contributed by atoms with Gasteiger partial charge in [-0.1, -0.05) is 24.3 Å². The minimum absolute atomic E-state index is 0.243. The zero-order chi connectivity index (χ0) is 14.8. The molecule has 0 saturated heterocycles. The summed E-state index contributed by atoms with van der Waals surface area (Å²) in [6, 6.07) is 8.15. The van der Waals surface area contributed by atoms with Crippen LogP contribution in [0.5, 0.6) is 0 Å². The second kappa shape index (κ2) is 9.50. The Balaban J connectivity index is 2.52. The number of carbonyl (C=O) groups is 1. The lowest BCUT2D eigenvalue weighted by atomic mass is 10.0. The van der Waals surface area contributed by atoms with E-state index in [-0.39, 0.29) is 12.6 Å². The second-order valence-corrected chi connectivity index (χ2v) is 4.68. The molecule has 1 aromatic carbocycles. The molecule has 1 unspecified atom stereocenters. The number of aryl methyl sites for hydroxylation is 1. The first-order valence-electron chi connectivity index (χ1n) is 7.09. The van der Waals surface area contributed by atoms with Crippen molar-refractivity contribution in [2.75, 3.05) is 20.3 Å². The monoisotopic (exact) mass is 280 g/mol. The van der Waals surface area contributed by atoms with Gasteiger partial charge < -0.3 is 14.6 Å². The van der Waals surface area contributed by atoms with Gasteiger partial charge in [0, 0.05) is 20.1 Å². The molecular formula is C16H24O4. The maximum Gasteiger partial charge on any atom is 0.335 e. The summed E-state index contributed by atoms with van der Waals surface area (Å²) in [4.78, 5) is 11.6. The molecule has 4 heteroatoms. The summed E-state index contributed by atoms with van der Waals surface area (Å²) < 4.78 is 10.1. The molecule has 1 atom stereocenters. The SMILES string of the molecule is CCOC(=O)C(Cc1ccc(CCCCO)cc1)OC. The smallest absolute Gasteiger partial charge is 0.335 e. The first-order valence-corrected chi connectivity index (χ1v) is 7.09. The number of carbonyl (C=O) groups excluding carboxylic acids is 1. The van der Waals surface area contributed by atoms with E-state index < -0.39 is 6.10 Å². The van der Waals surface area contributed by atoms with E-state index >= 15 is 0 Å². The molecule has 0 spiro atoms. The van der Waals surface area contributed by atoms with Crippen LogP contribution in [0.25, 0.3) is 0 Å². The van der Waals surface area contributed by atoms with Crippen LogP contribution in [0, 0.1) is 0 Å². The fourth-order valence-corrected chi connectivity index (χ4v) is 2.00. The average Bonchev–Trinajstić information content (AvgIpc) is 2.46. The molecule has 4 nitrogen and oxygen atoms in total. The molecule has 0 heterocycles. The standard InChI is InChI=1S/C16H24O4/c1-3-20-16(18)15(19-2)12-14-9-7-13(8-10-14)6-4-5-11-17/h7-10,15,17H,3-6,11-12H2,1-2H3. The Hall–Kier alpha value is -1.39. The van der Waals surface area contributed by atoms with Gasteiger partial charge in [-0.2, -0.15) is 0 Å². The van der Waals surface area contributed by atoms with Gasteiger partial charge in [0.25, 0.3) is 0 Å². The van der Waals surface area contributed by atoms with E-state index in [2.05, 4.69) is 12.1 Å². The van der Waals surface area contributed by atoms with Crippen LogP contribution in [0.2, 0.25) is 0 Å². The fourth-order valence-electron chi connectivity index (χ4n) is 2.00. The molecule has 0 bridgehead atoms. The number of unbranched alkanes of at least 4 members (excludes halogenated alkanes) is 1. The van der Waals surface area contributed by atoms with Crippen LogP contribution in [-0.4, -0.2) is 37.5 Å². The zero-order valence-electron chi connectivity index (χ0n) is 12.3. The van der Waals surface area contributed by atoms with Crippen molar-refractivity contribution in [3.63, 3.8) is 0 Å². The van der Waals surface area contributed by atoms with E-state index in [4.69, 9.17) is 14.6 Å². The fraction of sp³-hybridized carbons (Fsp3) is 0.562. The minimum Gasteiger partial charge on any atom is -0.464 e. The Bertz CT molecular complexity index is 386. The molecule has 0 amide bonds. The van der Waals surface area contributed by atoms with Gasteiger partial charge >= 0.3 is 5.97 Å². The van der Waals surface area contributed by atoms with E-state index in [0.29, 0.717) is 13.0 Å². The van der Waals surface area contributed by atoms with E-state index in [0.717, 1.165) is 24.8 Å². The van der Waals surface area contributed by atoms with E-state index in [1.54, 1.807) is 6.92 Å². The maximum atomic E-state index is 11.6. The molecule has 0 aliphatic carbocycles. The van der Waals surface area contributed by atoms with E-state index in [1.807, 2.05) is 12.1 Å². The number of hydrogen-bond donors (Lipinski definition) is 1. The highest BCUT2D eigenvalue weighted by Gasteiger charge is 2.19. The van der Waals surface area contributed by atoms with Gasteiger partial charge in [0.15, 0.2) is 6.10 Å². The summed E-state index contributed by atoms with van der Waals surface area (Å²) in [6.07, 6.45) is 2.75. The van der Waals surface area contributed by atoms with Crippen molar-refractivity contribution in [3.05, 3.63) is 35.4 Å². The Morgan fingerprint density at radius 1 is 1.20 bits per heavy atom. The molecule has 0 aliphatic heterocycles. The van der Waals surface area contributed by atoms with Crippen molar-refractivity contribution in [1.29, 1.82) is 0 Å². The third-order valence-electron chi connectivity index (χ3n) is 3.15. The molecular weight excluding hydrogens is 256 g/mol. The molecule has 0 aliphatic rings. The minimum atomic E-state index is -0.546. The highest BCUT2D eigenvalue weighted by molar-refractivity contribution is 5.75. The van der Waals surface area contributed by atoms with Crippen LogP contribution >= 0.6 is 0 Å². The normalized spacial score (nSPS) is 12.2. The number of methoxy groups -OCH3 is 1. The number of rotatable bonds is 9. The summed E-state index contributed by atoms with van der Waals surface area (Å²) in [5.41, 5.74) is 2.29. The quantitative estimate of drug-likeness (QED) is 0.556. The molecule has 1 N–H and O–H groups in total. The summed E-state index contributed by atoms with van der Waals surface area (Å²) in [7, 11) is 1.52. The Morgan fingerprint density at radius 2 is 1.85 bits per heavy atom. The van der Waals surface area contributed by atoms with Crippen LogP contribution in [0.15, 0.2) is 24.3 Å². The summed E-state index contributed by atoms with van der Waals surface area (Å²) in [6.45, 7) is 2.39. The van der Waals surface area contributed by atoms with E-state index in [9.17, 15) is 4.79 Å². The number of hydrogen-bond acceptors (Lipinski definition) is 4. The number of aliphatic hydroxyl groups is 1. The number of ether oxygens (including phenoxy) is 2. The summed E-state index contributed by atoms with van der Waals surface area (Å²) in [5.74, 6) is -0.318. The van der Waals surface area contributed by atoms with Gasteiger partial charge in [-0.15, -0.1) is 0 Å². The number of benzene rings is 1. The molecule has 1 rings (SSSR count). The first kappa shape index (κ1) is 16.7. The van der Waals surface area contributed by atoms with Gasteiger partial charge in [-0.25, -0.2) is 4.79 Å². The first-order chi connectivity index (χ1) is 9.71. The predicted molar refractivity (Wildman–Crippen MR) is 77.6 cm³/mol. The Morgan fingerprint density at radius 3 is 2.40 bits per heavy atom. The lowest BCUT2D eigenvalue weighted by molar-refractivity contribution is -0.154. The van der Waals surface area contributed by atoms with Crippen LogP contribution in [0.3, 0.4) is 0 Å². The average molecular weight is 280 g/mol. The van der Waals surface area contributed by atoms with Crippen LogP contribution < -0.4 is 0 Å². The highest BCUT2D eigenvalue weighted by atomic mass is 16.6. The highest BCUT2D eigenvalue weighted by Crippen LogP contribution is 2.11. The van der Waals surface area contributed by atoms with Crippen molar-refractivity contribution in [2.45, 2.75) is 38.7 Å². The number of esters is 1. The van der Waals surface area contributed by atoms with Crippen LogP contribution in [-0.2, 0) is 27.1 Å². The van der Waals surface area contributed by atoms with Gasteiger partial charge in [-0.3, -0.25) is 0 Å². The Kier molecular flexibility index (Phi) is 7.92. The molecule has 20 heavy (non-hydrogen) atoms. The summed E-state index contributed by atoms with van der Waals surface area (Å²) in [5, 5.41) is 8.75. The van der Waals surface area contributed by atoms with Gasteiger partial charge in [0.1, 0.15) is 0 Å². The summed E-state index contributed by atoms with van der Waals surface area (Å²) >= 11 is 0. The van der Waals surface area contributed by atoms with Crippen molar-refractivity contribution in [1.82, 2.24) is 0 Å². The van der Waals surface area contributed by atoms with Crippen molar-refractivity contribution in [3.8, 4) is 0 Å². The predicted octanol–water partition coefficient (Wildman–Crippen LogP) is 2.12. The third-order valence-corrected chi connectivity index (χ3v) is 3.15. The third kappa shape index (κ3) is 5.72. The molecule has 0 saturated carbocycles. The van der Waals surface area contributed by atoms with Gasteiger partial charge in [0.2, 0.25) is 0 Å². The molecule has 0 fully saturated rings. The molecule has 0 aromatic heterocycles. The Labute approximate surface area is 120 Å².